The number of nitrogens with zero attached hydrogens (tertiary/aromatic N) is 1. The molecule has 1 aromatic carbocycles. The molecule has 0 saturated heterocycles. The lowest BCUT2D eigenvalue weighted by Gasteiger charge is -2.22. The van der Waals surface area contributed by atoms with Crippen molar-refractivity contribution < 1.29 is 14.7 Å². The zero-order valence-corrected chi connectivity index (χ0v) is 13.0. The number of amides is 1. The first-order valence-corrected chi connectivity index (χ1v) is 6.64. The second kappa shape index (κ2) is 8.59. The van der Waals surface area contributed by atoms with Gasteiger partial charge in [0.25, 0.3) is 5.91 Å². The molecule has 1 aromatic rings. The minimum atomic E-state index is -1.06. The lowest BCUT2D eigenvalue weighted by Crippen LogP contribution is -2.33. The monoisotopic (exact) mass is 299 g/mol. The van der Waals surface area contributed by atoms with Gasteiger partial charge in [-0.15, -0.1) is 12.4 Å². The van der Waals surface area contributed by atoms with Crippen LogP contribution in [0.1, 0.15) is 53.0 Å². The van der Waals surface area contributed by atoms with Crippen molar-refractivity contribution in [1.82, 2.24) is 4.90 Å². The number of carboxylic acid groups (broad SMARTS) is 1. The molecular formula is C15H22ClNO3. The summed E-state index contributed by atoms with van der Waals surface area (Å²) in [5.74, 6) is -1.25. The number of hydrogen-bond donors (Lipinski definition) is 1. The highest BCUT2D eigenvalue weighted by molar-refractivity contribution is 6.04. The summed E-state index contributed by atoms with van der Waals surface area (Å²) in [6, 6.07) is 4.93. The van der Waals surface area contributed by atoms with E-state index in [1.807, 2.05) is 20.8 Å². The van der Waals surface area contributed by atoms with E-state index < -0.39 is 5.97 Å². The van der Waals surface area contributed by atoms with Crippen molar-refractivity contribution in [3.05, 3.63) is 34.9 Å². The lowest BCUT2D eigenvalue weighted by molar-refractivity contribution is 0.0675. The van der Waals surface area contributed by atoms with Crippen LogP contribution in [0, 0.1) is 6.92 Å². The Morgan fingerprint density at radius 1 is 1.10 bits per heavy atom. The fraction of sp³-hybridized carbons (Fsp3) is 0.467. The van der Waals surface area contributed by atoms with Crippen molar-refractivity contribution in [2.75, 3.05) is 13.1 Å². The third-order valence-electron chi connectivity index (χ3n) is 2.91. The van der Waals surface area contributed by atoms with E-state index in [0.717, 1.165) is 18.4 Å². The first-order chi connectivity index (χ1) is 9.01. The Morgan fingerprint density at radius 3 is 2.10 bits per heavy atom. The van der Waals surface area contributed by atoms with Crippen LogP contribution in [0.4, 0.5) is 0 Å². The lowest BCUT2D eigenvalue weighted by atomic mass is 10.0. The molecule has 1 rings (SSSR count). The molecule has 0 heterocycles. The second-order valence-electron chi connectivity index (χ2n) is 4.65. The fourth-order valence-corrected chi connectivity index (χ4v) is 2.05. The highest BCUT2D eigenvalue weighted by atomic mass is 35.5. The highest BCUT2D eigenvalue weighted by Gasteiger charge is 2.20. The number of carbonyl (C=O) groups is 2. The number of benzene rings is 1. The Bertz CT molecular complexity index is 468. The van der Waals surface area contributed by atoms with Gasteiger partial charge in [0.1, 0.15) is 0 Å². The van der Waals surface area contributed by atoms with Crippen molar-refractivity contribution in [1.29, 1.82) is 0 Å². The number of halogens is 1. The smallest absolute Gasteiger partial charge is 0.336 e. The van der Waals surface area contributed by atoms with E-state index in [4.69, 9.17) is 0 Å². The molecule has 4 nitrogen and oxygen atoms in total. The van der Waals surface area contributed by atoms with Crippen LogP contribution < -0.4 is 0 Å². The number of hydrogen-bond acceptors (Lipinski definition) is 2. The van der Waals surface area contributed by atoms with Crippen LogP contribution in [0.15, 0.2) is 18.2 Å². The van der Waals surface area contributed by atoms with E-state index in [1.165, 1.54) is 0 Å². The normalized spacial score (nSPS) is 9.75. The van der Waals surface area contributed by atoms with Crippen LogP contribution in [-0.4, -0.2) is 35.0 Å². The summed E-state index contributed by atoms with van der Waals surface area (Å²) in [5.41, 5.74) is 1.20. The van der Waals surface area contributed by atoms with E-state index in [2.05, 4.69) is 0 Å². The van der Waals surface area contributed by atoms with Gasteiger partial charge in [0.15, 0.2) is 0 Å². The first-order valence-electron chi connectivity index (χ1n) is 6.64. The molecule has 0 atom stereocenters. The molecule has 112 valence electrons. The van der Waals surface area contributed by atoms with Gasteiger partial charge in [-0.2, -0.15) is 0 Å². The summed E-state index contributed by atoms with van der Waals surface area (Å²) in [7, 11) is 0. The van der Waals surface area contributed by atoms with E-state index in [0.29, 0.717) is 13.1 Å². The number of rotatable bonds is 6. The average Bonchev–Trinajstić information content (AvgIpc) is 2.37. The molecule has 0 aliphatic heterocycles. The first kappa shape index (κ1) is 18.4. The molecule has 0 spiro atoms. The van der Waals surface area contributed by atoms with Crippen molar-refractivity contribution in [2.24, 2.45) is 0 Å². The Balaban J connectivity index is 0.00000361. The topological polar surface area (TPSA) is 57.6 Å². The molecule has 1 amide bonds. The SMILES string of the molecule is CCCN(CCC)C(=O)c1ccc(C)cc1C(=O)O.Cl. The minimum absolute atomic E-state index is 0. The molecule has 1 N–H and O–H groups in total. The molecule has 0 fully saturated rings. The van der Waals surface area contributed by atoms with Gasteiger partial charge in [-0.05, 0) is 31.9 Å². The van der Waals surface area contributed by atoms with Crippen LogP contribution in [0.25, 0.3) is 0 Å². The summed E-state index contributed by atoms with van der Waals surface area (Å²) >= 11 is 0. The predicted octanol–water partition coefficient (Wildman–Crippen LogP) is 3.38. The molecule has 0 saturated carbocycles. The number of carbonyl (C=O) groups excluding carboxylic acids is 1. The molecule has 5 heteroatoms. The summed E-state index contributed by atoms with van der Waals surface area (Å²) in [6.45, 7) is 7.13. The zero-order chi connectivity index (χ0) is 14.4. The van der Waals surface area contributed by atoms with Crippen LogP contribution in [-0.2, 0) is 0 Å². The molecule has 0 aliphatic rings. The maximum absolute atomic E-state index is 12.4. The van der Waals surface area contributed by atoms with E-state index >= 15 is 0 Å². The van der Waals surface area contributed by atoms with Gasteiger partial charge < -0.3 is 10.0 Å². The summed E-state index contributed by atoms with van der Waals surface area (Å²) in [4.78, 5) is 25.4. The van der Waals surface area contributed by atoms with Gasteiger partial charge in [0.2, 0.25) is 0 Å². The van der Waals surface area contributed by atoms with Crippen molar-refractivity contribution in [3.63, 3.8) is 0 Å². The van der Waals surface area contributed by atoms with Crippen molar-refractivity contribution >= 4 is 24.3 Å². The Morgan fingerprint density at radius 2 is 1.65 bits per heavy atom. The largest absolute Gasteiger partial charge is 0.478 e. The third kappa shape index (κ3) is 4.53. The van der Waals surface area contributed by atoms with E-state index in [9.17, 15) is 14.7 Å². The summed E-state index contributed by atoms with van der Waals surface area (Å²) < 4.78 is 0. The van der Waals surface area contributed by atoms with E-state index in [-0.39, 0.29) is 29.4 Å². The van der Waals surface area contributed by atoms with Gasteiger partial charge in [0.05, 0.1) is 11.1 Å². The number of aromatic carboxylic acids is 1. The Hall–Kier alpha value is -1.55. The van der Waals surface area contributed by atoms with Gasteiger partial charge in [0, 0.05) is 13.1 Å². The second-order valence-corrected chi connectivity index (χ2v) is 4.65. The average molecular weight is 300 g/mol. The maximum atomic E-state index is 12.4. The molecule has 0 bridgehead atoms. The Kier molecular flexibility index (Phi) is 7.92. The quantitative estimate of drug-likeness (QED) is 0.876. The van der Waals surface area contributed by atoms with Gasteiger partial charge in [-0.1, -0.05) is 25.5 Å². The fourth-order valence-electron chi connectivity index (χ4n) is 2.05. The standard InChI is InChI=1S/C15H21NO3.ClH/c1-4-8-16(9-5-2)14(17)12-7-6-11(3)10-13(12)15(18)19;/h6-7,10H,4-5,8-9H2,1-3H3,(H,18,19);1H. The molecular weight excluding hydrogens is 278 g/mol. The molecule has 0 radical (unpaired) electrons. The molecule has 0 unspecified atom stereocenters. The number of aryl methyl sites for hydroxylation is 1. The molecule has 0 aliphatic carbocycles. The maximum Gasteiger partial charge on any atom is 0.336 e. The van der Waals surface area contributed by atoms with Crippen LogP contribution in [0.3, 0.4) is 0 Å². The minimum Gasteiger partial charge on any atom is -0.478 e. The van der Waals surface area contributed by atoms with Gasteiger partial charge in [-0.25, -0.2) is 4.79 Å². The predicted molar refractivity (Wildman–Crippen MR) is 81.9 cm³/mol. The van der Waals surface area contributed by atoms with Crippen LogP contribution >= 0.6 is 12.4 Å². The van der Waals surface area contributed by atoms with Crippen molar-refractivity contribution in [2.45, 2.75) is 33.6 Å². The molecule has 20 heavy (non-hydrogen) atoms. The van der Waals surface area contributed by atoms with E-state index in [1.54, 1.807) is 23.1 Å². The number of carboxylic acids is 1. The van der Waals surface area contributed by atoms with Gasteiger partial charge >= 0.3 is 5.97 Å². The zero-order valence-electron chi connectivity index (χ0n) is 12.2. The summed E-state index contributed by atoms with van der Waals surface area (Å²) in [6.07, 6.45) is 1.72. The van der Waals surface area contributed by atoms with Crippen molar-refractivity contribution in [3.8, 4) is 0 Å². The van der Waals surface area contributed by atoms with Crippen LogP contribution in [0.2, 0.25) is 0 Å². The summed E-state index contributed by atoms with van der Waals surface area (Å²) in [5, 5.41) is 9.21. The molecule has 0 aromatic heterocycles. The third-order valence-corrected chi connectivity index (χ3v) is 2.91. The Labute approximate surface area is 126 Å². The highest BCUT2D eigenvalue weighted by Crippen LogP contribution is 2.15. The van der Waals surface area contributed by atoms with Crippen LogP contribution in [0.5, 0.6) is 0 Å². The van der Waals surface area contributed by atoms with Gasteiger partial charge in [-0.3, -0.25) is 4.79 Å².